The minimum absolute atomic E-state index is 0.0460. The molecule has 0 fully saturated rings. The van der Waals surface area contributed by atoms with E-state index in [-0.39, 0.29) is 23.6 Å². The van der Waals surface area contributed by atoms with Gasteiger partial charge in [0, 0.05) is 24.5 Å². The fraction of sp³-hybridized carbons (Fsp3) is 0.118. The molecule has 23 heavy (non-hydrogen) atoms. The van der Waals surface area contributed by atoms with Crippen molar-refractivity contribution in [3.05, 3.63) is 76.0 Å². The largest absolute Gasteiger partial charge is 0.346 e. The maximum Gasteiger partial charge on any atom is 0.274 e. The van der Waals surface area contributed by atoms with E-state index >= 15 is 0 Å². The van der Waals surface area contributed by atoms with E-state index in [1.165, 1.54) is 13.1 Å². The Bertz CT molecular complexity index is 950. The molecule has 116 valence electrons. The van der Waals surface area contributed by atoms with Crippen molar-refractivity contribution in [2.24, 2.45) is 7.05 Å². The molecule has 0 unspecified atom stereocenters. The van der Waals surface area contributed by atoms with Crippen LogP contribution in [-0.2, 0) is 13.6 Å². The van der Waals surface area contributed by atoms with E-state index in [9.17, 15) is 14.0 Å². The van der Waals surface area contributed by atoms with E-state index < -0.39 is 5.91 Å². The van der Waals surface area contributed by atoms with Crippen molar-refractivity contribution in [1.29, 1.82) is 0 Å². The summed E-state index contributed by atoms with van der Waals surface area (Å²) in [6.07, 6.45) is 0. The normalized spacial score (nSPS) is 10.7. The van der Waals surface area contributed by atoms with Gasteiger partial charge in [-0.05, 0) is 12.1 Å². The van der Waals surface area contributed by atoms with Crippen LogP contribution in [0.5, 0.6) is 0 Å². The number of benzene rings is 2. The van der Waals surface area contributed by atoms with Gasteiger partial charge in [-0.2, -0.15) is 5.10 Å². The number of fused-ring (bicyclic) bond motifs is 1. The molecular weight excluding hydrogens is 297 g/mol. The highest BCUT2D eigenvalue weighted by Gasteiger charge is 2.15. The van der Waals surface area contributed by atoms with Gasteiger partial charge >= 0.3 is 0 Å². The van der Waals surface area contributed by atoms with Crippen LogP contribution in [0, 0.1) is 5.82 Å². The zero-order valence-corrected chi connectivity index (χ0v) is 12.4. The Hall–Kier alpha value is -3.02. The van der Waals surface area contributed by atoms with Gasteiger partial charge in [-0.3, -0.25) is 9.59 Å². The van der Waals surface area contributed by atoms with E-state index in [4.69, 9.17) is 0 Å². The van der Waals surface area contributed by atoms with Crippen LogP contribution in [0.4, 0.5) is 4.39 Å². The number of nitrogens with zero attached hydrogens (tertiary/aromatic N) is 2. The molecule has 0 bridgehead atoms. The SMILES string of the molecule is Cn1nc(C(=O)NCc2ccccc2F)c2ccccc2c1=O. The molecule has 1 aromatic heterocycles. The summed E-state index contributed by atoms with van der Waals surface area (Å²) < 4.78 is 14.7. The molecule has 1 N–H and O–H groups in total. The molecule has 6 heteroatoms. The monoisotopic (exact) mass is 311 g/mol. The Balaban J connectivity index is 1.94. The Labute approximate surface area is 131 Å². The second kappa shape index (κ2) is 6.00. The van der Waals surface area contributed by atoms with Crippen molar-refractivity contribution in [1.82, 2.24) is 15.1 Å². The maximum absolute atomic E-state index is 13.6. The summed E-state index contributed by atoms with van der Waals surface area (Å²) in [6, 6.07) is 13.0. The molecule has 0 aliphatic heterocycles. The van der Waals surface area contributed by atoms with Crippen LogP contribution in [0.25, 0.3) is 10.8 Å². The van der Waals surface area contributed by atoms with Crippen LogP contribution in [0.1, 0.15) is 16.1 Å². The molecule has 2 aromatic carbocycles. The number of amides is 1. The molecule has 0 atom stereocenters. The lowest BCUT2D eigenvalue weighted by molar-refractivity contribution is 0.0945. The molecule has 0 saturated heterocycles. The van der Waals surface area contributed by atoms with Gasteiger partial charge in [-0.1, -0.05) is 36.4 Å². The average molecular weight is 311 g/mol. The highest BCUT2D eigenvalue weighted by molar-refractivity contribution is 6.04. The number of halogens is 1. The molecular formula is C17H14FN3O2. The third kappa shape index (κ3) is 2.83. The fourth-order valence-corrected chi connectivity index (χ4v) is 2.37. The van der Waals surface area contributed by atoms with Gasteiger partial charge in [0.15, 0.2) is 5.69 Å². The zero-order valence-electron chi connectivity index (χ0n) is 12.4. The summed E-state index contributed by atoms with van der Waals surface area (Å²) in [5.74, 6) is -0.842. The number of aryl methyl sites for hydroxylation is 1. The Morgan fingerprint density at radius 1 is 1.13 bits per heavy atom. The highest BCUT2D eigenvalue weighted by Crippen LogP contribution is 2.13. The summed E-state index contributed by atoms with van der Waals surface area (Å²) in [5.41, 5.74) is 0.250. The molecule has 0 spiro atoms. The number of rotatable bonds is 3. The van der Waals surface area contributed by atoms with Crippen LogP contribution in [0.2, 0.25) is 0 Å². The quantitative estimate of drug-likeness (QED) is 0.804. The minimum Gasteiger partial charge on any atom is -0.346 e. The van der Waals surface area contributed by atoms with Crippen molar-refractivity contribution in [3.8, 4) is 0 Å². The lowest BCUT2D eigenvalue weighted by Gasteiger charge is -2.09. The van der Waals surface area contributed by atoms with E-state index in [2.05, 4.69) is 10.4 Å². The molecule has 5 nitrogen and oxygen atoms in total. The summed E-state index contributed by atoms with van der Waals surface area (Å²) in [5, 5.41) is 7.56. The van der Waals surface area contributed by atoms with Crippen molar-refractivity contribution in [3.63, 3.8) is 0 Å². The highest BCUT2D eigenvalue weighted by atomic mass is 19.1. The van der Waals surface area contributed by atoms with Crippen molar-refractivity contribution in [2.75, 3.05) is 0 Å². The van der Waals surface area contributed by atoms with Gasteiger partial charge in [-0.15, -0.1) is 0 Å². The summed E-state index contributed by atoms with van der Waals surface area (Å²) >= 11 is 0. The van der Waals surface area contributed by atoms with Crippen LogP contribution in [-0.4, -0.2) is 15.7 Å². The predicted molar refractivity (Wildman–Crippen MR) is 84.6 cm³/mol. The summed E-state index contributed by atoms with van der Waals surface area (Å²) in [4.78, 5) is 24.4. The second-order valence-corrected chi connectivity index (χ2v) is 5.10. The maximum atomic E-state index is 13.6. The Kier molecular flexibility index (Phi) is 3.89. The molecule has 3 rings (SSSR count). The zero-order chi connectivity index (χ0) is 16.4. The van der Waals surface area contributed by atoms with E-state index in [0.717, 1.165) is 4.68 Å². The van der Waals surface area contributed by atoms with Gasteiger partial charge in [0.2, 0.25) is 0 Å². The molecule has 1 amide bonds. The number of aromatic nitrogens is 2. The van der Waals surface area contributed by atoms with Gasteiger partial charge < -0.3 is 5.32 Å². The second-order valence-electron chi connectivity index (χ2n) is 5.10. The first-order valence-electron chi connectivity index (χ1n) is 7.05. The van der Waals surface area contributed by atoms with Gasteiger partial charge in [0.25, 0.3) is 11.5 Å². The van der Waals surface area contributed by atoms with Crippen molar-refractivity contribution < 1.29 is 9.18 Å². The third-order valence-electron chi connectivity index (χ3n) is 3.57. The number of hydrogen-bond acceptors (Lipinski definition) is 3. The smallest absolute Gasteiger partial charge is 0.274 e. The minimum atomic E-state index is -0.458. The number of carbonyl (C=O) groups excluding carboxylic acids is 1. The van der Waals surface area contributed by atoms with Crippen LogP contribution < -0.4 is 10.9 Å². The first kappa shape index (κ1) is 14.9. The number of carbonyl (C=O) groups is 1. The predicted octanol–water partition coefficient (Wildman–Crippen LogP) is 2.00. The van der Waals surface area contributed by atoms with E-state index in [1.54, 1.807) is 42.5 Å². The third-order valence-corrected chi connectivity index (χ3v) is 3.57. The van der Waals surface area contributed by atoms with Crippen molar-refractivity contribution in [2.45, 2.75) is 6.54 Å². The Morgan fingerprint density at radius 2 is 1.78 bits per heavy atom. The first-order chi connectivity index (χ1) is 11.1. The van der Waals surface area contributed by atoms with Gasteiger partial charge in [0.05, 0.1) is 5.39 Å². The Morgan fingerprint density at radius 3 is 2.52 bits per heavy atom. The van der Waals surface area contributed by atoms with Crippen LogP contribution in [0.15, 0.2) is 53.3 Å². The van der Waals surface area contributed by atoms with E-state index in [1.807, 2.05) is 0 Å². The molecule has 3 aromatic rings. The fourth-order valence-electron chi connectivity index (χ4n) is 2.37. The lowest BCUT2D eigenvalue weighted by atomic mass is 10.1. The topological polar surface area (TPSA) is 64.0 Å². The standard InChI is InChI=1S/C17H14FN3O2/c1-21-17(23)13-8-4-3-7-12(13)15(20-21)16(22)19-10-11-6-2-5-9-14(11)18/h2-9H,10H2,1H3,(H,19,22). The summed E-state index contributed by atoms with van der Waals surface area (Å²) in [6.45, 7) is 0.0460. The van der Waals surface area contributed by atoms with E-state index in [0.29, 0.717) is 16.3 Å². The molecule has 1 heterocycles. The van der Waals surface area contributed by atoms with Gasteiger partial charge in [0.1, 0.15) is 5.82 Å². The average Bonchev–Trinajstić information content (AvgIpc) is 2.57. The molecule has 0 saturated carbocycles. The van der Waals surface area contributed by atoms with Crippen LogP contribution >= 0.6 is 0 Å². The van der Waals surface area contributed by atoms with Crippen molar-refractivity contribution >= 4 is 16.7 Å². The van der Waals surface area contributed by atoms with Gasteiger partial charge in [-0.25, -0.2) is 9.07 Å². The molecule has 0 aliphatic carbocycles. The van der Waals surface area contributed by atoms with Crippen LogP contribution in [0.3, 0.4) is 0 Å². The molecule has 0 aliphatic rings. The lowest BCUT2D eigenvalue weighted by Crippen LogP contribution is -2.29. The first-order valence-corrected chi connectivity index (χ1v) is 7.05. The molecule has 0 radical (unpaired) electrons. The summed E-state index contributed by atoms with van der Waals surface area (Å²) in [7, 11) is 1.49. The number of nitrogens with one attached hydrogen (secondary N) is 1. The number of hydrogen-bond donors (Lipinski definition) is 1.